The van der Waals surface area contributed by atoms with Crippen LogP contribution in [0.2, 0.25) is 0 Å². The fourth-order valence-electron chi connectivity index (χ4n) is 5.09. The van der Waals surface area contributed by atoms with Gasteiger partial charge in [0, 0.05) is 39.3 Å². The summed E-state index contributed by atoms with van der Waals surface area (Å²) in [6.45, 7) is 8.00. The number of hydrogen-bond donors (Lipinski definition) is 1. The van der Waals surface area contributed by atoms with Crippen molar-refractivity contribution in [2.45, 2.75) is 44.8 Å². The fraction of sp³-hybridized carbons (Fsp3) is 0.696. The SMILES string of the molecule is O=C(NCC1CCCO1)[C@@H]1C[C@H](CN2CCCC2)CN(Cc2ccccc2)C1. The van der Waals surface area contributed by atoms with E-state index in [1.54, 1.807) is 0 Å². The predicted octanol–water partition coefficient (Wildman–Crippen LogP) is 2.52. The molecule has 5 nitrogen and oxygen atoms in total. The molecule has 1 amide bonds. The average Bonchev–Trinajstić information content (AvgIpc) is 3.41. The summed E-state index contributed by atoms with van der Waals surface area (Å²) in [5.74, 6) is 0.889. The summed E-state index contributed by atoms with van der Waals surface area (Å²) < 4.78 is 5.67. The lowest BCUT2D eigenvalue weighted by atomic mass is 9.87. The van der Waals surface area contributed by atoms with Crippen molar-refractivity contribution in [3.63, 3.8) is 0 Å². The standard InChI is InChI=1S/C23H35N3O2/c27-23(24-14-22-9-6-12-28-22)21-13-20(16-25-10-4-5-11-25)17-26(18-21)15-19-7-2-1-3-8-19/h1-3,7-8,20-22H,4-6,9-18H2,(H,24,27)/t20-,21-,22?/m1/s1. The lowest BCUT2D eigenvalue weighted by Crippen LogP contribution is -2.49. The number of carbonyl (C=O) groups is 1. The number of piperidine rings is 1. The van der Waals surface area contributed by atoms with E-state index in [0.717, 1.165) is 52.0 Å². The van der Waals surface area contributed by atoms with Crippen LogP contribution >= 0.6 is 0 Å². The van der Waals surface area contributed by atoms with Crippen molar-refractivity contribution >= 4 is 5.91 Å². The highest BCUT2D eigenvalue weighted by molar-refractivity contribution is 5.79. The molecular formula is C23H35N3O2. The number of ether oxygens (including phenoxy) is 1. The predicted molar refractivity (Wildman–Crippen MR) is 111 cm³/mol. The highest BCUT2D eigenvalue weighted by Crippen LogP contribution is 2.26. The van der Waals surface area contributed by atoms with Crippen LogP contribution in [0.3, 0.4) is 0 Å². The maximum absolute atomic E-state index is 12.9. The van der Waals surface area contributed by atoms with Gasteiger partial charge in [-0.2, -0.15) is 0 Å². The van der Waals surface area contributed by atoms with Crippen molar-refractivity contribution < 1.29 is 9.53 Å². The second-order valence-electron chi connectivity index (χ2n) is 8.87. The Balaban J connectivity index is 1.36. The van der Waals surface area contributed by atoms with Crippen molar-refractivity contribution in [3.05, 3.63) is 35.9 Å². The molecule has 1 unspecified atom stereocenters. The van der Waals surface area contributed by atoms with Crippen molar-refractivity contribution in [2.24, 2.45) is 11.8 Å². The molecule has 4 rings (SSSR count). The van der Waals surface area contributed by atoms with Crippen molar-refractivity contribution in [3.8, 4) is 0 Å². The summed E-state index contributed by atoms with van der Waals surface area (Å²) in [5.41, 5.74) is 1.34. The van der Waals surface area contributed by atoms with Crippen molar-refractivity contribution in [1.82, 2.24) is 15.1 Å². The van der Waals surface area contributed by atoms with Crippen LogP contribution in [0.4, 0.5) is 0 Å². The molecule has 154 valence electrons. The molecule has 0 saturated carbocycles. The fourth-order valence-corrected chi connectivity index (χ4v) is 5.09. The summed E-state index contributed by atoms with van der Waals surface area (Å²) in [4.78, 5) is 18.0. The molecule has 5 heteroatoms. The normalized spacial score (nSPS) is 29.2. The molecule has 0 bridgehead atoms. The molecule has 3 aliphatic heterocycles. The lowest BCUT2D eigenvalue weighted by molar-refractivity contribution is -0.128. The first-order chi connectivity index (χ1) is 13.8. The van der Waals surface area contributed by atoms with E-state index in [0.29, 0.717) is 12.5 Å². The zero-order chi connectivity index (χ0) is 19.2. The Bertz CT molecular complexity index is 612. The van der Waals surface area contributed by atoms with Crippen LogP contribution in [0.5, 0.6) is 0 Å². The van der Waals surface area contributed by atoms with Gasteiger partial charge in [-0.3, -0.25) is 9.69 Å². The van der Waals surface area contributed by atoms with E-state index in [1.165, 1.54) is 31.5 Å². The first-order valence-electron chi connectivity index (χ1n) is 11.1. The zero-order valence-corrected chi connectivity index (χ0v) is 17.0. The Morgan fingerprint density at radius 3 is 2.64 bits per heavy atom. The van der Waals surface area contributed by atoms with Gasteiger partial charge in [0.25, 0.3) is 0 Å². The van der Waals surface area contributed by atoms with Crippen LogP contribution < -0.4 is 5.32 Å². The van der Waals surface area contributed by atoms with E-state index < -0.39 is 0 Å². The Labute approximate surface area is 169 Å². The maximum atomic E-state index is 12.9. The molecule has 3 saturated heterocycles. The minimum atomic E-state index is 0.0893. The number of nitrogens with zero attached hydrogens (tertiary/aromatic N) is 2. The quantitative estimate of drug-likeness (QED) is 0.783. The molecule has 1 aromatic carbocycles. The highest BCUT2D eigenvalue weighted by atomic mass is 16.5. The molecule has 3 aliphatic rings. The molecule has 0 aliphatic carbocycles. The van der Waals surface area contributed by atoms with Gasteiger partial charge in [-0.1, -0.05) is 30.3 Å². The number of benzene rings is 1. The Morgan fingerprint density at radius 1 is 1.07 bits per heavy atom. The van der Waals surface area contributed by atoms with Gasteiger partial charge in [0.15, 0.2) is 0 Å². The van der Waals surface area contributed by atoms with Crippen LogP contribution in [-0.2, 0) is 16.1 Å². The maximum Gasteiger partial charge on any atom is 0.224 e. The van der Waals surface area contributed by atoms with Gasteiger partial charge in [0.1, 0.15) is 0 Å². The highest BCUT2D eigenvalue weighted by Gasteiger charge is 2.33. The third-order valence-corrected chi connectivity index (χ3v) is 6.48. The molecular weight excluding hydrogens is 350 g/mol. The van der Waals surface area contributed by atoms with E-state index in [-0.39, 0.29) is 17.9 Å². The topological polar surface area (TPSA) is 44.8 Å². The molecule has 3 heterocycles. The van der Waals surface area contributed by atoms with E-state index in [4.69, 9.17) is 4.74 Å². The van der Waals surface area contributed by atoms with Crippen LogP contribution in [0, 0.1) is 11.8 Å². The first-order valence-corrected chi connectivity index (χ1v) is 11.1. The number of hydrogen-bond acceptors (Lipinski definition) is 4. The molecule has 1 N–H and O–H groups in total. The summed E-state index contributed by atoms with van der Waals surface area (Å²) >= 11 is 0. The van der Waals surface area contributed by atoms with Gasteiger partial charge < -0.3 is 15.0 Å². The van der Waals surface area contributed by atoms with Crippen molar-refractivity contribution in [1.29, 1.82) is 0 Å². The zero-order valence-electron chi connectivity index (χ0n) is 17.0. The van der Waals surface area contributed by atoms with E-state index >= 15 is 0 Å². The second kappa shape index (κ2) is 9.86. The van der Waals surface area contributed by atoms with Gasteiger partial charge in [0.05, 0.1) is 12.0 Å². The summed E-state index contributed by atoms with van der Waals surface area (Å²) in [6, 6.07) is 10.7. The average molecular weight is 386 g/mol. The van der Waals surface area contributed by atoms with E-state index in [1.807, 2.05) is 0 Å². The summed E-state index contributed by atoms with van der Waals surface area (Å²) in [5, 5.41) is 3.19. The number of amides is 1. The Hall–Kier alpha value is -1.43. The Morgan fingerprint density at radius 2 is 1.89 bits per heavy atom. The number of nitrogens with one attached hydrogen (secondary N) is 1. The van der Waals surface area contributed by atoms with Crippen LogP contribution in [0.25, 0.3) is 0 Å². The monoisotopic (exact) mass is 385 g/mol. The largest absolute Gasteiger partial charge is 0.376 e. The van der Waals surface area contributed by atoms with Gasteiger partial charge in [-0.25, -0.2) is 0 Å². The van der Waals surface area contributed by atoms with Crippen molar-refractivity contribution in [2.75, 3.05) is 45.9 Å². The van der Waals surface area contributed by atoms with Crippen LogP contribution in [-0.4, -0.2) is 67.7 Å². The van der Waals surface area contributed by atoms with Crippen LogP contribution in [0.1, 0.15) is 37.7 Å². The second-order valence-corrected chi connectivity index (χ2v) is 8.87. The van der Waals surface area contributed by atoms with Gasteiger partial charge in [-0.05, 0) is 56.7 Å². The summed E-state index contributed by atoms with van der Waals surface area (Å²) in [6.07, 6.45) is 6.07. The van der Waals surface area contributed by atoms with Gasteiger partial charge in [-0.15, -0.1) is 0 Å². The third kappa shape index (κ3) is 5.56. The molecule has 3 atom stereocenters. The smallest absolute Gasteiger partial charge is 0.224 e. The minimum Gasteiger partial charge on any atom is -0.376 e. The minimum absolute atomic E-state index is 0.0893. The number of carbonyl (C=O) groups excluding carboxylic acids is 1. The summed E-state index contributed by atoms with van der Waals surface area (Å²) in [7, 11) is 0. The molecule has 0 radical (unpaired) electrons. The lowest BCUT2D eigenvalue weighted by Gasteiger charge is -2.38. The molecule has 3 fully saturated rings. The van der Waals surface area contributed by atoms with Crippen LogP contribution in [0.15, 0.2) is 30.3 Å². The number of rotatable bonds is 7. The molecule has 0 spiro atoms. The number of likely N-dealkylation sites (tertiary alicyclic amines) is 2. The van der Waals surface area contributed by atoms with Gasteiger partial charge in [0.2, 0.25) is 5.91 Å². The molecule has 0 aromatic heterocycles. The third-order valence-electron chi connectivity index (χ3n) is 6.48. The first kappa shape index (κ1) is 19.9. The van der Waals surface area contributed by atoms with Gasteiger partial charge >= 0.3 is 0 Å². The molecule has 28 heavy (non-hydrogen) atoms. The Kier molecular flexibility index (Phi) is 7.00. The van der Waals surface area contributed by atoms with E-state index in [2.05, 4.69) is 45.4 Å². The molecule has 1 aromatic rings. The van der Waals surface area contributed by atoms with E-state index in [9.17, 15) is 4.79 Å².